The fourth-order valence-electron chi connectivity index (χ4n) is 3.69. The van der Waals surface area contributed by atoms with Crippen LogP contribution in [0.3, 0.4) is 0 Å². The number of benzene rings is 3. The maximum Gasteiger partial charge on any atom is 0.261 e. The normalized spacial score (nSPS) is 13.5. The minimum Gasteiger partial charge on any atom is -0.496 e. The lowest BCUT2D eigenvalue weighted by Gasteiger charge is -2.18. The number of nitrogens with zero attached hydrogens (tertiary/aromatic N) is 1. The number of amides is 1. The van der Waals surface area contributed by atoms with E-state index < -0.39 is 10.0 Å². The van der Waals surface area contributed by atoms with E-state index in [0.717, 1.165) is 18.4 Å². The highest BCUT2D eigenvalue weighted by Crippen LogP contribution is 2.27. The van der Waals surface area contributed by atoms with Gasteiger partial charge < -0.3 is 14.4 Å². The molecule has 3 aromatic rings. The summed E-state index contributed by atoms with van der Waals surface area (Å²) in [5.74, 6) is 0.761. The van der Waals surface area contributed by atoms with Crippen LogP contribution >= 0.6 is 0 Å². The standard InChI is InChI=1S/C25H26N2O5S/c1-31-24-14-13-22(17-23(24)25(28)27-15-5-6-16-27)33(29,30)26-20-9-11-21(12-10-20)32-18-19-7-3-2-4-8-19/h2-4,7-14,17,26H,5-6,15-16,18H2,1H3. The van der Waals surface area contributed by atoms with Gasteiger partial charge in [0.2, 0.25) is 0 Å². The van der Waals surface area contributed by atoms with Crippen LogP contribution in [-0.2, 0) is 16.6 Å². The molecule has 33 heavy (non-hydrogen) atoms. The third-order valence-corrected chi connectivity index (χ3v) is 6.84. The van der Waals surface area contributed by atoms with Crippen LogP contribution in [0.1, 0.15) is 28.8 Å². The maximum absolute atomic E-state index is 13.0. The monoisotopic (exact) mass is 466 g/mol. The molecule has 8 heteroatoms. The lowest BCUT2D eigenvalue weighted by Crippen LogP contribution is -2.28. The van der Waals surface area contributed by atoms with Gasteiger partial charge in [0.1, 0.15) is 18.1 Å². The highest BCUT2D eigenvalue weighted by molar-refractivity contribution is 7.92. The van der Waals surface area contributed by atoms with Gasteiger partial charge in [-0.25, -0.2) is 8.42 Å². The van der Waals surface area contributed by atoms with Crippen molar-refractivity contribution in [3.05, 3.63) is 83.9 Å². The van der Waals surface area contributed by atoms with Crippen LogP contribution in [0.2, 0.25) is 0 Å². The minimum atomic E-state index is -3.90. The van der Waals surface area contributed by atoms with Crippen molar-refractivity contribution in [2.24, 2.45) is 0 Å². The molecule has 1 aliphatic rings. The number of hydrogen-bond donors (Lipinski definition) is 1. The van der Waals surface area contributed by atoms with Crippen LogP contribution in [0.4, 0.5) is 5.69 Å². The van der Waals surface area contributed by atoms with E-state index in [1.165, 1.54) is 25.3 Å². The number of hydrogen-bond acceptors (Lipinski definition) is 5. The molecule has 0 aliphatic carbocycles. The van der Waals surface area contributed by atoms with Crippen molar-refractivity contribution in [2.75, 3.05) is 24.9 Å². The fourth-order valence-corrected chi connectivity index (χ4v) is 4.77. The molecule has 172 valence electrons. The van der Waals surface area contributed by atoms with Crippen LogP contribution in [0, 0.1) is 0 Å². The van der Waals surface area contributed by atoms with Gasteiger partial charge in [-0.15, -0.1) is 0 Å². The number of carbonyl (C=O) groups excluding carboxylic acids is 1. The van der Waals surface area contributed by atoms with E-state index in [-0.39, 0.29) is 16.4 Å². The first kappa shape index (κ1) is 22.7. The predicted molar refractivity (Wildman–Crippen MR) is 126 cm³/mol. The molecule has 0 atom stereocenters. The first-order valence-corrected chi connectivity index (χ1v) is 12.2. The van der Waals surface area contributed by atoms with Crippen molar-refractivity contribution in [1.29, 1.82) is 0 Å². The van der Waals surface area contributed by atoms with Gasteiger partial charge in [-0.05, 0) is 60.9 Å². The molecule has 1 aliphatic heterocycles. The molecule has 1 amide bonds. The van der Waals surface area contributed by atoms with Crippen molar-refractivity contribution >= 4 is 21.6 Å². The molecule has 0 radical (unpaired) electrons. The van der Waals surface area contributed by atoms with Crippen LogP contribution < -0.4 is 14.2 Å². The molecule has 0 aromatic heterocycles. The Kier molecular flexibility index (Phi) is 6.84. The van der Waals surface area contributed by atoms with Gasteiger partial charge in [0.05, 0.1) is 17.6 Å². The number of carbonyl (C=O) groups is 1. The third-order valence-electron chi connectivity index (χ3n) is 5.46. The molecular formula is C25H26N2O5S. The number of rotatable bonds is 8. The van der Waals surface area contributed by atoms with E-state index in [0.29, 0.717) is 36.9 Å². The first-order valence-electron chi connectivity index (χ1n) is 10.7. The molecular weight excluding hydrogens is 440 g/mol. The maximum atomic E-state index is 13.0. The summed E-state index contributed by atoms with van der Waals surface area (Å²) in [5, 5.41) is 0. The molecule has 0 saturated carbocycles. The van der Waals surface area contributed by atoms with E-state index in [1.54, 1.807) is 29.2 Å². The minimum absolute atomic E-state index is 0.00440. The Labute approximate surface area is 194 Å². The van der Waals surface area contributed by atoms with E-state index in [4.69, 9.17) is 9.47 Å². The lowest BCUT2D eigenvalue weighted by atomic mass is 10.1. The summed E-state index contributed by atoms with van der Waals surface area (Å²) in [7, 11) is -2.44. The van der Waals surface area contributed by atoms with E-state index >= 15 is 0 Å². The van der Waals surface area contributed by atoms with E-state index in [1.807, 2.05) is 30.3 Å². The first-order chi connectivity index (χ1) is 16.0. The number of nitrogens with one attached hydrogen (secondary N) is 1. The van der Waals surface area contributed by atoms with Crippen molar-refractivity contribution in [3.63, 3.8) is 0 Å². The van der Waals surface area contributed by atoms with Crippen molar-refractivity contribution < 1.29 is 22.7 Å². The zero-order valence-electron chi connectivity index (χ0n) is 18.4. The zero-order chi connectivity index (χ0) is 23.3. The van der Waals surface area contributed by atoms with Gasteiger partial charge in [0.15, 0.2) is 0 Å². The van der Waals surface area contributed by atoms with Crippen molar-refractivity contribution in [2.45, 2.75) is 24.3 Å². The van der Waals surface area contributed by atoms with Gasteiger partial charge in [0.25, 0.3) is 15.9 Å². The summed E-state index contributed by atoms with van der Waals surface area (Å²) in [4.78, 5) is 14.6. The molecule has 1 heterocycles. The summed E-state index contributed by atoms with van der Waals surface area (Å²) >= 11 is 0. The second-order valence-electron chi connectivity index (χ2n) is 7.77. The number of likely N-dealkylation sites (tertiary alicyclic amines) is 1. The van der Waals surface area contributed by atoms with Gasteiger partial charge >= 0.3 is 0 Å². The number of sulfonamides is 1. The SMILES string of the molecule is COc1ccc(S(=O)(=O)Nc2ccc(OCc3ccccc3)cc2)cc1C(=O)N1CCCC1. The Bertz CT molecular complexity index is 1210. The molecule has 0 spiro atoms. The van der Waals surface area contributed by atoms with E-state index in [2.05, 4.69) is 4.72 Å². The van der Waals surface area contributed by atoms with Crippen molar-refractivity contribution in [1.82, 2.24) is 4.90 Å². The van der Waals surface area contributed by atoms with Crippen LogP contribution in [-0.4, -0.2) is 39.4 Å². The molecule has 0 unspecified atom stereocenters. The highest BCUT2D eigenvalue weighted by atomic mass is 32.2. The lowest BCUT2D eigenvalue weighted by molar-refractivity contribution is 0.0789. The van der Waals surface area contributed by atoms with Crippen LogP contribution in [0.5, 0.6) is 11.5 Å². The molecule has 1 saturated heterocycles. The highest BCUT2D eigenvalue weighted by Gasteiger charge is 2.25. The number of methoxy groups -OCH3 is 1. The molecule has 1 fully saturated rings. The second-order valence-corrected chi connectivity index (χ2v) is 9.45. The summed E-state index contributed by atoms with van der Waals surface area (Å²) in [6.07, 6.45) is 1.89. The Morgan fingerprint density at radius 2 is 1.67 bits per heavy atom. The quantitative estimate of drug-likeness (QED) is 0.535. The Hall–Kier alpha value is -3.52. The average Bonchev–Trinajstić information content (AvgIpc) is 3.38. The smallest absolute Gasteiger partial charge is 0.261 e. The van der Waals surface area contributed by atoms with Gasteiger partial charge in [-0.2, -0.15) is 0 Å². The summed E-state index contributed by atoms with van der Waals surface area (Å²) in [6, 6.07) is 20.8. The topological polar surface area (TPSA) is 84.9 Å². The van der Waals surface area contributed by atoms with Crippen LogP contribution in [0.25, 0.3) is 0 Å². The Morgan fingerprint density at radius 3 is 2.33 bits per heavy atom. The molecule has 3 aromatic carbocycles. The van der Waals surface area contributed by atoms with Crippen molar-refractivity contribution in [3.8, 4) is 11.5 Å². The Morgan fingerprint density at radius 1 is 0.970 bits per heavy atom. The fraction of sp³-hybridized carbons (Fsp3) is 0.240. The molecule has 1 N–H and O–H groups in total. The van der Waals surface area contributed by atoms with E-state index in [9.17, 15) is 13.2 Å². The third kappa shape index (κ3) is 5.46. The molecule has 4 rings (SSSR count). The van der Waals surface area contributed by atoms with Gasteiger partial charge in [-0.3, -0.25) is 9.52 Å². The largest absolute Gasteiger partial charge is 0.496 e. The summed E-state index contributed by atoms with van der Waals surface area (Å²) < 4.78 is 39.6. The summed E-state index contributed by atoms with van der Waals surface area (Å²) in [5.41, 5.74) is 1.68. The zero-order valence-corrected chi connectivity index (χ0v) is 19.2. The predicted octanol–water partition coefficient (Wildman–Crippen LogP) is 4.31. The average molecular weight is 467 g/mol. The number of anilines is 1. The van der Waals surface area contributed by atoms with Gasteiger partial charge in [-0.1, -0.05) is 30.3 Å². The molecule has 0 bridgehead atoms. The second kappa shape index (κ2) is 9.95. The van der Waals surface area contributed by atoms with Crippen LogP contribution in [0.15, 0.2) is 77.7 Å². The summed E-state index contributed by atoms with van der Waals surface area (Å²) in [6.45, 7) is 1.75. The number of ether oxygens (including phenoxy) is 2. The molecule has 7 nitrogen and oxygen atoms in total. The van der Waals surface area contributed by atoms with Gasteiger partial charge in [0, 0.05) is 18.8 Å². The Balaban J connectivity index is 1.47.